The predicted molar refractivity (Wildman–Crippen MR) is 139 cm³/mol. The third-order valence-corrected chi connectivity index (χ3v) is 7.38. The molecule has 4 rings (SSSR count). The van der Waals surface area contributed by atoms with E-state index in [4.69, 9.17) is 9.72 Å². The number of methoxy groups -OCH3 is 1. The third kappa shape index (κ3) is 4.68. The van der Waals surface area contributed by atoms with E-state index in [-0.39, 0.29) is 12.2 Å². The smallest absolute Gasteiger partial charge is 0.167 e. The van der Waals surface area contributed by atoms with Crippen LogP contribution in [0.5, 0.6) is 5.75 Å². The summed E-state index contributed by atoms with van der Waals surface area (Å²) in [6, 6.07) is 7.10. The number of pyridine rings is 1. The molecule has 6 nitrogen and oxygen atoms in total. The lowest BCUT2D eigenvalue weighted by atomic mass is 9.87. The second-order valence-electron chi connectivity index (χ2n) is 9.84. The van der Waals surface area contributed by atoms with E-state index in [0.717, 1.165) is 42.7 Å². The van der Waals surface area contributed by atoms with E-state index in [9.17, 15) is 10.1 Å². The van der Waals surface area contributed by atoms with E-state index >= 15 is 0 Å². The number of piperidine rings is 1. The summed E-state index contributed by atoms with van der Waals surface area (Å²) in [5.74, 6) is 1.36. The van der Waals surface area contributed by atoms with Gasteiger partial charge in [0.05, 0.1) is 12.7 Å². The topological polar surface area (TPSA) is 71.2 Å². The molecule has 1 fully saturated rings. The number of hydrogen-bond acceptors (Lipinski definition) is 5. The van der Waals surface area contributed by atoms with Gasteiger partial charge in [0.25, 0.3) is 0 Å². The van der Waals surface area contributed by atoms with Gasteiger partial charge in [-0.15, -0.1) is 0 Å². The Bertz CT molecular complexity index is 1320. The standard InChI is InChI=1S/C29H34N4O2/c1-18(2)20(4)33-11-9-21(10-12-33)25-17-32(5)29-28(25)19(3)24(16-31-29)14-26(34)22-7-8-27(35-6)23(13-22)15-30/h7-8,13,16-18,21H,4,9-12,14H2,1-3,5-6H3. The van der Waals surface area contributed by atoms with Crippen molar-refractivity contribution in [3.63, 3.8) is 0 Å². The molecular formula is C29H34N4O2. The largest absolute Gasteiger partial charge is 0.495 e. The number of carbonyl (C=O) groups excluding carboxylic acids is 1. The van der Waals surface area contributed by atoms with E-state index < -0.39 is 0 Å². The number of aromatic nitrogens is 2. The Balaban J connectivity index is 1.61. The molecule has 0 aliphatic carbocycles. The third-order valence-electron chi connectivity index (χ3n) is 7.38. The van der Waals surface area contributed by atoms with Gasteiger partial charge in [0.1, 0.15) is 17.5 Å². The van der Waals surface area contributed by atoms with Gasteiger partial charge in [0.2, 0.25) is 0 Å². The van der Waals surface area contributed by atoms with Crippen molar-refractivity contribution in [1.82, 2.24) is 14.5 Å². The van der Waals surface area contributed by atoms with Gasteiger partial charge in [0, 0.05) is 55.6 Å². The van der Waals surface area contributed by atoms with Crippen LogP contribution in [0.4, 0.5) is 0 Å². The van der Waals surface area contributed by atoms with Crippen LogP contribution in [0.3, 0.4) is 0 Å². The van der Waals surface area contributed by atoms with Crippen molar-refractivity contribution >= 4 is 16.8 Å². The van der Waals surface area contributed by atoms with E-state index in [1.165, 1.54) is 23.8 Å². The molecule has 0 atom stereocenters. The Morgan fingerprint density at radius 3 is 2.66 bits per heavy atom. The van der Waals surface area contributed by atoms with Gasteiger partial charge in [-0.05, 0) is 66.5 Å². The number of likely N-dealkylation sites (tertiary alicyclic amines) is 1. The Morgan fingerprint density at radius 2 is 2.03 bits per heavy atom. The van der Waals surface area contributed by atoms with Gasteiger partial charge >= 0.3 is 0 Å². The first kappa shape index (κ1) is 24.5. The summed E-state index contributed by atoms with van der Waals surface area (Å²) in [7, 11) is 3.56. The summed E-state index contributed by atoms with van der Waals surface area (Å²) in [5.41, 5.74) is 6.41. The van der Waals surface area contributed by atoms with Crippen LogP contribution >= 0.6 is 0 Å². The highest BCUT2D eigenvalue weighted by Crippen LogP contribution is 2.37. The van der Waals surface area contributed by atoms with Crippen molar-refractivity contribution in [2.24, 2.45) is 13.0 Å². The van der Waals surface area contributed by atoms with Crippen molar-refractivity contribution in [2.75, 3.05) is 20.2 Å². The zero-order chi connectivity index (χ0) is 25.3. The second kappa shape index (κ2) is 9.95. The fraction of sp³-hybridized carbons (Fsp3) is 0.414. The summed E-state index contributed by atoms with van der Waals surface area (Å²) in [6.07, 6.45) is 6.44. The number of Topliss-reactive ketones (excluding diaryl/α,β-unsaturated/α-hetero) is 1. The zero-order valence-corrected chi connectivity index (χ0v) is 21.4. The number of ketones is 1. The molecule has 1 aromatic carbocycles. The summed E-state index contributed by atoms with van der Waals surface area (Å²) in [4.78, 5) is 20.3. The quantitative estimate of drug-likeness (QED) is 0.424. The van der Waals surface area contributed by atoms with E-state index in [2.05, 4.69) is 49.1 Å². The van der Waals surface area contributed by atoms with Crippen LogP contribution in [-0.2, 0) is 13.5 Å². The van der Waals surface area contributed by atoms with E-state index in [1.807, 2.05) is 13.2 Å². The molecule has 3 heterocycles. The number of nitriles is 1. The van der Waals surface area contributed by atoms with Gasteiger partial charge < -0.3 is 14.2 Å². The maximum Gasteiger partial charge on any atom is 0.167 e. The van der Waals surface area contributed by atoms with Gasteiger partial charge in [-0.25, -0.2) is 4.98 Å². The molecule has 0 N–H and O–H groups in total. The molecule has 0 bridgehead atoms. The number of hydrogen-bond donors (Lipinski definition) is 0. The molecule has 182 valence electrons. The molecule has 0 spiro atoms. The Morgan fingerprint density at radius 1 is 1.31 bits per heavy atom. The van der Waals surface area contributed by atoms with Crippen molar-refractivity contribution in [1.29, 1.82) is 5.26 Å². The summed E-state index contributed by atoms with van der Waals surface area (Å²) < 4.78 is 7.31. The maximum atomic E-state index is 13.1. The minimum absolute atomic E-state index is 0.0357. The first-order valence-corrected chi connectivity index (χ1v) is 12.2. The molecule has 0 unspecified atom stereocenters. The fourth-order valence-electron chi connectivity index (χ4n) is 5.15. The van der Waals surface area contributed by atoms with Gasteiger partial charge in [-0.2, -0.15) is 5.26 Å². The SMILES string of the molecule is C=C(C(C)C)N1CCC(c2cn(C)c3ncc(CC(=O)c4ccc(OC)c(C#N)c4)c(C)c23)CC1. The van der Waals surface area contributed by atoms with E-state index in [1.54, 1.807) is 18.2 Å². The van der Waals surface area contributed by atoms with Crippen LogP contribution in [0.25, 0.3) is 11.0 Å². The molecular weight excluding hydrogens is 436 g/mol. The average Bonchev–Trinajstić information content (AvgIpc) is 3.21. The summed E-state index contributed by atoms with van der Waals surface area (Å²) >= 11 is 0. The number of ether oxygens (including phenoxy) is 1. The number of nitrogens with zero attached hydrogens (tertiary/aromatic N) is 4. The number of carbonyl (C=O) groups is 1. The molecule has 35 heavy (non-hydrogen) atoms. The Labute approximate surface area is 207 Å². The highest BCUT2D eigenvalue weighted by Gasteiger charge is 2.26. The van der Waals surface area contributed by atoms with Crippen LogP contribution in [0, 0.1) is 24.2 Å². The maximum absolute atomic E-state index is 13.1. The lowest BCUT2D eigenvalue weighted by Gasteiger charge is -2.36. The lowest BCUT2D eigenvalue weighted by molar-refractivity contribution is 0.0992. The van der Waals surface area contributed by atoms with Crippen LogP contribution in [-0.4, -0.2) is 40.4 Å². The molecule has 6 heteroatoms. The Hall–Kier alpha value is -3.59. The predicted octanol–water partition coefficient (Wildman–Crippen LogP) is 5.54. The van der Waals surface area contributed by atoms with Crippen LogP contribution in [0.15, 0.2) is 42.9 Å². The second-order valence-corrected chi connectivity index (χ2v) is 9.84. The fourth-order valence-corrected chi connectivity index (χ4v) is 5.15. The van der Waals surface area contributed by atoms with Crippen molar-refractivity contribution in [3.8, 4) is 11.8 Å². The summed E-state index contributed by atoms with van der Waals surface area (Å²) in [6.45, 7) is 12.8. The number of aryl methyl sites for hydroxylation is 2. The number of benzene rings is 1. The highest BCUT2D eigenvalue weighted by atomic mass is 16.5. The average molecular weight is 471 g/mol. The van der Waals surface area contributed by atoms with Crippen molar-refractivity contribution in [2.45, 2.75) is 46.0 Å². The van der Waals surface area contributed by atoms with Crippen molar-refractivity contribution in [3.05, 3.63) is 70.7 Å². The lowest BCUT2D eigenvalue weighted by Crippen LogP contribution is -2.33. The first-order chi connectivity index (χ1) is 16.7. The number of rotatable bonds is 7. The van der Waals surface area contributed by atoms with Crippen molar-refractivity contribution < 1.29 is 9.53 Å². The molecule has 2 aromatic heterocycles. The number of allylic oxidation sites excluding steroid dienone is 1. The molecule has 1 aliphatic heterocycles. The normalized spacial score (nSPS) is 14.4. The first-order valence-electron chi connectivity index (χ1n) is 12.2. The van der Waals surface area contributed by atoms with Crippen LogP contribution in [0.2, 0.25) is 0 Å². The monoisotopic (exact) mass is 470 g/mol. The van der Waals surface area contributed by atoms with Gasteiger partial charge in [-0.1, -0.05) is 20.4 Å². The molecule has 0 radical (unpaired) electrons. The van der Waals surface area contributed by atoms with E-state index in [0.29, 0.717) is 28.7 Å². The number of fused-ring (bicyclic) bond motifs is 1. The molecule has 0 amide bonds. The molecule has 1 aliphatic rings. The minimum atomic E-state index is -0.0357. The molecule has 3 aromatic rings. The van der Waals surface area contributed by atoms with Crippen LogP contribution in [0.1, 0.15) is 65.2 Å². The Kier molecular flexibility index (Phi) is 6.98. The zero-order valence-electron chi connectivity index (χ0n) is 21.4. The van der Waals surface area contributed by atoms with Crippen LogP contribution < -0.4 is 4.74 Å². The molecule has 1 saturated heterocycles. The molecule has 0 saturated carbocycles. The van der Waals surface area contributed by atoms with Gasteiger partial charge in [-0.3, -0.25) is 4.79 Å². The highest BCUT2D eigenvalue weighted by molar-refractivity contribution is 5.99. The van der Waals surface area contributed by atoms with Gasteiger partial charge in [0.15, 0.2) is 5.78 Å². The summed E-state index contributed by atoms with van der Waals surface area (Å²) in [5, 5.41) is 10.5. The minimum Gasteiger partial charge on any atom is -0.495 e.